The Morgan fingerprint density at radius 3 is 2.38 bits per heavy atom. The van der Waals surface area contributed by atoms with E-state index in [2.05, 4.69) is 17.6 Å². The molecule has 0 saturated carbocycles. The Hall–Kier alpha value is -0.975. The molecule has 1 fully saturated rings. The Balaban J connectivity index is 2.33. The third-order valence-electron chi connectivity index (χ3n) is 4.22. The Labute approximate surface area is 132 Å². The van der Waals surface area contributed by atoms with Gasteiger partial charge in [0.1, 0.15) is 5.82 Å². The molecule has 0 spiro atoms. The van der Waals surface area contributed by atoms with Crippen LogP contribution in [-0.4, -0.2) is 29.1 Å². The Bertz CT molecular complexity index is 557. The fraction of sp³-hybridized carbons (Fsp3) is 0.533. The molecule has 0 unspecified atom stereocenters. The van der Waals surface area contributed by atoms with E-state index < -0.39 is 7.12 Å². The lowest BCUT2D eigenvalue weighted by Gasteiger charge is -2.32. The van der Waals surface area contributed by atoms with Gasteiger partial charge in [-0.05, 0) is 57.8 Å². The van der Waals surface area contributed by atoms with Gasteiger partial charge in [0, 0.05) is 5.75 Å². The summed E-state index contributed by atoms with van der Waals surface area (Å²) >= 11 is 4.41. The van der Waals surface area contributed by atoms with E-state index in [1.54, 1.807) is 6.07 Å². The molecule has 4 nitrogen and oxygen atoms in total. The minimum atomic E-state index is -0.407. The van der Waals surface area contributed by atoms with E-state index >= 15 is 0 Å². The second kappa shape index (κ2) is 5.67. The van der Waals surface area contributed by atoms with Crippen LogP contribution in [0.15, 0.2) is 17.6 Å². The summed E-state index contributed by atoms with van der Waals surface area (Å²) in [5.74, 6) is 1.03. The van der Waals surface area contributed by atoms with Crippen LogP contribution < -0.4 is 5.73 Å². The quantitative estimate of drug-likeness (QED) is 0.666. The fourth-order valence-corrected chi connectivity index (χ4v) is 2.31. The summed E-state index contributed by atoms with van der Waals surface area (Å²) in [6.07, 6.45) is 1.96. The fourth-order valence-electron chi connectivity index (χ4n) is 2.06. The molecule has 0 amide bonds. The lowest BCUT2D eigenvalue weighted by Crippen LogP contribution is -2.41. The van der Waals surface area contributed by atoms with Crippen molar-refractivity contribution in [3.05, 3.63) is 28.9 Å². The van der Waals surface area contributed by atoms with Gasteiger partial charge < -0.3 is 15.0 Å². The highest BCUT2D eigenvalue weighted by Gasteiger charge is 2.52. The molecule has 0 bridgehead atoms. The maximum atomic E-state index is 6.06. The molecule has 1 aliphatic heterocycles. The number of nitrogens with two attached hydrogens (primary N) is 1. The zero-order chi connectivity index (χ0) is 15.8. The van der Waals surface area contributed by atoms with E-state index in [4.69, 9.17) is 15.0 Å². The standard InChI is InChI=1S/C15H23BN2O2S/c1-10-6-7-13(17)18-12(10)8-11(9-21)16-19-14(2,3)15(4,5)20-16/h6-8,21H,9H2,1-5H3,(H2,17,18). The van der Waals surface area contributed by atoms with Crippen LogP contribution in [0.3, 0.4) is 0 Å². The van der Waals surface area contributed by atoms with Crippen LogP contribution in [0.5, 0.6) is 0 Å². The molecule has 2 N–H and O–H groups in total. The van der Waals surface area contributed by atoms with E-state index in [1.165, 1.54) is 0 Å². The van der Waals surface area contributed by atoms with Crippen LogP contribution >= 0.6 is 12.6 Å². The van der Waals surface area contributed by atoms with Gasteiger partial charge in [-0.15, -0.1) is 0 Å². The summed E-state index contributed by atoms with van der Waals surface area (Å²) in [4.78, 5) is 4.36. The van der Waals surface area contributed by atoms with Crippen molar-refractivity contribution in [2.75, 3.05) is 11.5 Å². The number of hydrogen-bond acceptors (Lipinski definition) is 5. The zero-order valence-electron chi connectivity index (χ0n) is 13.3. The second-order valence-electron chi connectivity index (χ2n) is 6.40. The van der Waals surface area contributed by atoms with Gasteiger partial charge in [-0.25, -0.2) is 4.98 Å². The van der Waals surface area contributed by atoms with Gasteiger partial charge in [0.25, 0.3) is 0 Å². The predicted octanol–water partition coefficient (Wildman–Crippen LogP) is 2.92. The van der Waals surface area contributed by atoms with Crippen molar-refractivity contribution >= 4 is 31.6 Å². The molecular weight excluding hydrogens is 283 g/mol. The molecule has 0 atom stereocenters. The number of thiol groups is 1. The molecule has 1 aliphatic rings. The van der Waals surface area contributed by atoms with Crippen molar-refractivity contribution in [3.8, 4) is 0 Å². The number of rotatable bonds is 3. The molecule has 2 heterocycles. The van der Waals surface area contributed by atoms with Gasteiger partial charge in [-0.2, -0.15) is 12.6 Å². The summed E-state index contributed by atoms with van der Waals surface area (Å²) in [6.45, 7) is 10.1. The number of pyridine rings is 1. The average molecular weight is 306 g/mol. The smallest absolute Gasteiger partial charge is 0.400 e. The number of nitrogens with zero attached hydrogens (tertiary/aromatic N) is 1. The van der Waals surface area contributed by atoms with Crippen LogP contribution in [0.1, 0.15) is 39.0 Å². The Morgan fingerprint density at radius 1 is 1.29 bits per heavy atom. The van der Waals surface area contributed by atoms with Crippen molar-refractivity contribution < 1.29 is 9.31 Å². The topological polar surface area (TPSA) is 57.4 Å². The molecule has 0 aliphatic carbocycles. The number of aryl methyl sites for hydroxylation is 1. The summed E-state index contributed by atoms with van der Waals surface area (Å²) in [5.41, 5.74) is 7.86. The van der Waals surface area contributed by atoms with Crippen LogP contribution in [0.4, 0.5) is 5.82 Å². The average Bonchev–Trinajstić information content (AvgIpc) is 2.59. The van der Waals surface area contributed by atoms with Crippen molar-refractivity contribution in [1.82, 2.24) is 4.98 Å². The zero-order valence-corrected chi connectivity index (χ0v) is 14.2. The van der Waals surface area contributed by atoms with Crippen molar-refractivity contribution in [3.63, 3.8) is 0 Å². The second-order valence-corrected chi connectivity index (χ2v) is 6.72. The van der Waals surface area contributed by atoms with Gasteiger partial charge in [0.05, 0.1) is 16.9 Å². The highest BCUT2D eigenvalue weighted by atomic mass is 32.1. The monoisotopic (exact) mass is 306 g/mol. The number of hydrogen-bond donors (Lipinski definition) is 2. The van der Waals surface area contributed by atoms with Crippen LogP contribution in [0.2, 0.25) is 0 Å². The van der Waals surface area contributed by atoms with Crippen molar-refractivity contribution in [2.45, 2.75) is 45.8 Å². The largest absolute Gasteiger partial charge is 0.491 e. The molecule has 114 valence electrons. The normalized spacial score (nSPS) is 20.9. The van der Waals surface area contributed by atoms with Gasteiger partial charge in [-0.3, -0.25) is 0 Å². The van der Waals surface area contributed by atoms with Gasteiger partial charge >= 0.3 is 7.12 Å². The summed E-state index contributed by atoms with van der Waals surface area (Å²) in [5, 5.41) is 0. The predicted molar refractivity (Wildman–Crippen MR) is 91.3 cm³/mol. The third kappa shape index (κ3) is 3.28. The molecule has 1 saturated heterocycles. The van der Waals surface area contributed by atoms with E-state index in [-0.39, 0.29) is 11.2 Å². The molecule has 21 heavy (non-hydrogen) atoms. The highest BCUT2D eigenvalue weighted by molar-refractivity contribution is 7.80. The van der Waals surface area contributed by atoms with E-state index in [0.29, 0.717) is 11.6 Å². The number of nitrogen functional groups attached to an aromatic ring is 1. The first-order chi connectivity index (χ1) is 9.66. The van der Waals surface area contributed by atoms with Gasteiger partial charge in [0.2, 0.25) is 0 Å². The Morgan fingerprint density at radius 2 is 1.86 bits per heavy atom. The van der Waals surface area contributed by atoms with E-state index in [9.17, 15) is 0 Å². The van der Waals surface area contributed by atoms with Crippen molar-refractivity contribution in [1.29, 1.82) is 0 Å². The summed E-state index contributed by atoms with van der Waals surface area (Å²) in [6, 6.07) is 3.75. The third-order valence-corrected chi connectivity index (χ3v) is 4.58. The lowest BCUT2D eigenvalue weighted by atomic mass is 9.78. The molecule has 1 aromatic heterocycles. The molecule has 6 heteroatoms. The first-order valence-electron chi connectivity index (χ1n) is 7.06. The molecule has 1 aromatic rings. The molecule has 0 aromatic carbocycles. The van der Waals surface area contributed by atoms with E-state index in [0.717, 1.165) is 16.7 Å². The maximum absolute atomic E-state index is 6.06. The lowest BCUT2D eigenvalue weighted by molar-refractivity contribution is 0.00578. The van der Waals surface area contributed by atoms with Crippen molar-refractivity contribution in [2.24, 2.45) is 0 Å². The van der Waals surface area contributed by atoms with Gasteiger partial charge in [-0.1, -0.05) is 6.07 Å². The summed E-state index contributed by atoms with van der Waals surface area (Å²) in [7, 11) is -0.407. The van der Waals surface area contributed by atoms with Crippen LogP contribution in [0.25, 0.3) is 6.08 Å². The molecule has 0 radical (unpaired) electrons. The molecule has 2 rings (SSSR count). The minimum absolute atomic E-state index is 0.363. The molecular formula is C15H23BN2O2S. The first-order valence-corrected chi connectivity index (χ1v) is 7.69. The van der Waals surface area contributed by atoms with E-state index in [1.807, 2.05) is 46.8 Å². The number of anilines is 1. The number of aromatic nitrogens is 1. The first kappa shape index (κ1) is 16.4. The minimum Gasteiger partial charge on any atom is -0.400 e. The van der Waals surface area contributed by atoms with Crippen LogP contribution in [0, 0.1) is 6.92 Å². The maximum Gasteiger partial charge on any atom is 0.491 e. The van der Waals surface area contributed by atoms with Crippen LogP contribution in [-0.2, 0) is 9.31 Å². The van der Waals surface area contributed by atoms with Gasteiger partial charge in [0.15, 0.2) is 0 Å². The Kier molecular flexibility index (Phi) is 4.43. The highest BCUT2D eigenvalue weighted by Crippen LogP contribution is 2.39. The SMILES string of the molecule is Cc1ccc(N)nc1C=C(CS)B1OC(C)(C)C(C)(C)O1. The summed E-state index contributed by atoms with van der Waals surface area (Å²) < 4.78 is 12.1.